The lowest BCUT2D eigenvalue weighted by atomic mass is 10.2. The van der Waals surface area contributed by atoms with E-state index in [0.29, 0.717) is 22.7 Å². The largest absolute Gasteiger partial charge is 0.495 e. The topological polar surface area (TPSA) is 75.5 Å². The molecule has 0 aliphatic rings. The Bertz CT molecular complexity index is 1550. The van der Waals surface area contributed by atoms with Crippen molar-refractivity contribution in [1.82, 2.24) is 23.1 Å². The number of ether oxygens (including phenoxy) is 1. The number of rotatable bonds is 4. The first-order chi connectivity index (χ1) is 15.0. The van der Waals surface area contributed by atoms with Crippen LogP contribution < -0.4 is 16.0 Å². The molecule has 0 unspecified atom stereocenters. The van der Waals surface area contributed by atoms with Crippen molar-refractivity contribution in [3.63, 3.8) is 0 Å². The molecule has 5 rings (SSSR count). The van der Waals surface area contributed by atoms with Crippen molar-refractivity contribution in [2.75, 3.05) is 7.11 Å². The summed E-state index contributed by atoms with van der Waals surface area (Å²) in [5.41, 5.74) is 2.51. The predicted octanol–water partition coefficient (Wildman–Crippen LogP) is 2.50. The first kappa shape index (κ1) is 18.9. The molecule has 0 N–H and O–H groups in total. The molecular weight excluding hydrogens is 394 g/mol. The fraction of sp³-hybridized carbons (Fsp3) is 0.174. The van der Waals surface area contributed by atoms with Crippen LogP contribution in [0.3, 0.4) is 0 Å². The average molecular weight is 415 g/mol. The average Bonchev–Trinajstić information content (AvgIpc) is 3.30. The molecule has 0 bridgehead atoms. The molecule has 0 saturated heterocycles. The lowest BCUT2D eigenvalue weighted by Gasteiger charge is -2.10. The summed E-state index contributed by atoms with van der Waals surface area (Å²) < 4.78 is 11.9. The summed E-state index contributed by atoms with van der Waals surface area (Å²) in [6.45, 7) is 2.14. The van der Waals surface area contributed by atoms with Crippen LogP contribution in [-0.4, -0.2) is 30.2 Å². The van der Waals surface area contributed by atoms with E-state index in [-0.39, 0.29) is 12.1 Å². The van der Waals surface area contributed by atoms with Crippen molar-refractivity contribution in [1.29, 1.82) is 0 Å². The number of hydrogen-bond acceptors (Lipinski definition) is 4. The van der Waals surface area contributed by atoms with Gasteiger partial charge in [-0.3, -0.25) is 22.9 Å². The highest BCUT2D eigenvalue weighted by molar-refractivity contribution is 5.76. The summed E-state index contributed by atoms with van der Waals surface area (Å²) in [6, 6.07) is 17.1. The Morgan fingerprint density at radius 1 is 1.00 bits per heavy atom. The molecule has 3 aromatic heterocycles. The van der Waals surface area contributed by atoms with Crippen LogP contribution in [0.4, 0.5) is 0 Å². The summed E-state index contributed by atoms with van der Waals surface area (Å²) in [6.07, 6.45) is 1.86. The molecule has 31 heavy (non-hydrogen) atoms. The van der Waals surface area contributed by atoms with Gasteiger partial charge in [-0.25, -0.2) is 4.79 Å². The molecule has 0 atom stereocenters. The van der Waals surface area contributed by atoms with Crippen LogP contribution in [0, 0.1) is 6.92 Å². The van der Waals surface area contributed by atoms with Crippen LogP contribution in [0.15, 0.2) is 70.4 Å². The van der Waals surface area contributed by atoms with Gasteiger partial charge >= 0.3 is 5.69 Å². The number of imidazole rings is 2. The predicted molar refractivity (Wildman–Crippen MR) is 118 cm³/mol. The monoisotopic (exact) mass is 415 g/mol. The summed E-state index contributed by atoms with van der Waals surface area (Å²) in [5.74, 6) is 1.23. The lowest BCUT2D eigenvalue weighted by Crippen LogP contribution is -2.39. The molecule has 3 heterocycles. The number of hydrogen-bond donors (Lipinski definition) is 0. The maximum absolute atomic E-state index is 13.4. The van der Waals surface area contributed by atoms with Gasteiger partial charge in [-0.1, -0.05) is 42.5 Å². The van der Waals surface area contributed by atoms with Crippen molar-refractivity contribution in [3.8, 4) is 11.4 Å². The molecule has 8 heteroatoms. The molecule has 0 aliphatic heterocycles. The maximum Gasteiger partial charge on any atom is 0.332 e. The normalized spacial score (nSPS) is 11.5. The Morgan fingerprint density at radius 2 is 1.71 bits per heavy atom. The van der Waals surface area contributed by atoms with Crippen LogP contribution >= 0.6 is 0 Å². The molecule has 0 fully saturated rings. The van der Waals surface area contributed by atoms with Crippen LogP contribution in [0.5, 0.6) is 5.75 Å². The number of aromatic nitrogens is 5. The Balaban J connectivity index is 1.82. The van der Waals surface area contributed by atoms with E-state index in [1.54, 1.807) is 18.6 Å². The van der Waals surface area contributed by atoms with E-state index in [1.165, 1.54) is 9.13 Å². The fourth-order valence-electron chi connectivity index (χ4n) is 4.03. The van der Waals surface area contributed by atoms with E-state index >= 15 is 0 Å². The van der Waals surface area contributed by atoms with Crippen molar-refractivity contribution in [3.05, 3.63) is 92.9 Å². The van der Waals surface area contributed by atoms with E-state index < -0.39 is 5.69 Å². The van der Waals surface area contributed by atoms with Gasteiger partial charge in [0.2, 0.25) is 5.78 Å². The maximum atomic E-state index is 13.4. The van der Waals surface area contributed by atoms with Crippen molar-refractivity contribution >= 4 is 16.9 Å². The number of methoxy groups -OCH3 is 1. The highest BCUT2D eigenvalue weighted by Crippen LogP contribution is 2.27. The van der Waals surface area contributed by atoms with Crippen molar-refractivity contribution in [2.24, 2.45) is 7.05 Å². The standard InChI is InChI=1S/C23H21N5O3/c1-15-13-26-19-20(24-22(26)28(15)17-11-7-8-12-18(17)31-3)25(2)23(30)27(21(19)29)14-16-9-5-4-6-10-16/h4-13H,14H2,1-3H3. The smallest absolute Gasteiger partial charge is 0.332 e. The molecule has 5 aromatic rings. The number of fused-ring (bicyclic) bond motifs is 3. The van der Waals surface area contributed by atoms with Gasteiger partial charge in [0.1, 0.15) is 5.75 Å². The van der Waals surface area contributed by atoms with Gasteiger partial charge in [-0.05, 0) is 24.6 Å². The molecule has 0 spiro atoms. The van der Waals surface area contributed by atoms with Crippen molar-refractivity contribution in [2.45, 2.75) is 13.5 Å². The summed E-state index contributed by atoms with van der Waals surface area (Å²) >= 11 is 0. The first-order valence-corrected chi connectivity index (χ1v) is 9.88. The third-order valence-electron chi connectivity index (χ3n) is 5.54. The molecule has 0 amide bonds. The van der Waals surface area contributed by atoms with Gasteiger partial charge in [0, 0.05) is 18.9 Å². The van der Waals surface area contributed by atoms with Gasteiger partial charge in [-0.15, -0.1) is 0 Å². The highest BCUT2D eigenvalue weighted by atomic mass is 16.5. The molecular formula is C23H21N5O3. The number of aryl methyl sites for hydroxylation is 2. The van der Waals surface area contributed by atoms with Gasteiger partial charge < -0.3 is 4.74 Å². The molecule has 0 saturated carbocycles. The van der Waals surface area contributed by atoms with E-state index in [2.05, 4.69) is 4.98 Å². The second-order valence-electron chi connectivity index (χ2n) is 7.45. The van der Waals surface area contributed by atoms with Gasteiger partial charge in [0.25, 0.3) is 5.56 Å². The molecule has 0 radical (unpaired) electrons. The lowest BCUT2D eigenvalue weighted by molar-refractivity contribution is 0.413. The Morgan fingerprint density at radius 3 is 2.45 bits per heavy atom. The zero-order valence-corrected chi connectivity index (χ0v) is 17.4. The first-order valence-electron chi connectivity index (χ1n) is 9.88. The molecule has 2 aromatic carbocycles. The van der Waals surface area contributed by atoms with E-state index in [4.69, 9.17) is 4.74 Å². The second kappa shape index (κ2) is 7.02. The van der Waals surface area contributed by atoms with Crippen LogP contribution in [-0.2, 0) is 13.6 Å². The van der Waals surface area contributed by atoms with Gasteiger partial charge in [0.05, 0.1) is 19.3 Å². The quantitative estimate of drug-likeness (QED) is 0.452. The summed E-state index contributed by atoms with van der Waals surface area (Å²) in [4.78, 5) is 31.1. The van der Waals surface area contributed by atoms with Crippen LogP contribution in [0.2, 0.25) is 0 Å². The third-order valence-corrected chi connectivity index (χ3v) is 5.54. The van der Waals surface area contributed by atoms with E-state index in [9.17, 15) is 9.59 Å². The summed E-state index contributed by atoms with van der Waals surface area (Å²) in [7, 11) is 3.25. The molecule has 156 valence electrons. The Hall–Kier alpha value is -4.07. The number of nitrogens with zero attached hydrogens (tertiary/aromatic N) is 5. The minimum Gasteiger partial charge on any atom is -0.495 e. The summed E-state index contributed by atoms with van der Waals surface area (Å²) in [5, 5.41) is 0. The highest BCUT2D eigenvalue weighted by Gasteiger charge is 2.21. The number of benzene rings is 2. The molecule has 0 aliphatic carbocycles. The van der Waals surface area contributed by atoms with E-state index in [1.807, 2.05) is 72.3 Å². The Kier molecular flexibility index (Phi) is 4.28. The molecule has 8 nitrogen and oxygen atoms in total. The van der Waals surface area contributed by atoms with Gasteiger partial charge in [-0.2, -0.15) is 4.98 Å². The number of para-hydroxylation sites is 2. The third kappa shape index (κ3) is 2.79. The zero-order valence-electron chi connectivity index (χ0n) is 17.4. The minimum absolute atomic E-state index is 0.196. The minimum atomic E-state index is -0.400. The Labute approximate surface area is 177 Å². The van der Waals surface area contributed by atoms with Crippen LogP contribution in [0.1, 0.15) is 11.3 Å². The zero-order chi connectivity index (χ0) is 21.7. The fourth-order valence-corrected chi connectivity index (χ4v) is 4.03. The van der Waals surface area contributed by atoms with Crippen molar-refractivity contribution < 1.29 is 4.74 Å². The SMILES string of the molecule is COc1ccccc1-n1c(C)cn2c3c(=O)n(Cc4ccccc4)c(=O)n(C)c3nc12. The van der Waals surface area contributed by atoms with Crippen LogP contribution in [0.25, 0.3) is 22.6 Å². The second-order valence-corrected chi connectivity index (χ2v) is 7.45. The van der Waals surface area contributed by atoms with E-state index in [0.717, 1.165) is 16.9 Å². The van der Waals surface area contributed by atoms with Gasteiger partial charge in [0.15, 0.2) is 11.2 Å².